The Labute approximate surface area is 92.6 Å². The summed E-state index contributed by atoms with van der Waals surface area (Å²) in [5.41, 5.74) is 0. The van der Waals surface area contributed by atoms with Crippen molar-refractivity contribution >= 4 is 11.7 Å². The molecule has 0 aliphatic rings. The highest BCUT2D eigenvalue weighted by atomic mass is 16.2. The molecule has 0 aromatic rings. The summed E-state index contributed by atoms with van der Waals surface area (Å²) < 4.78 is 0. The van der Waals surface area contributed by atoms with E-state index in [1.165, 1.54) is 6.92 Å². The molecule has 0 saturated heterocycles. The lowest BCUT2D eigenvalue weighted by Crippen LogP contribution is -2.41. The van der Waals surface area contributed by atoms with E-state index in [1.54, 1.807) is 6.92 Å². The van der Waals surface area contributed by atoms with E-state index >= 15 is 0 Å². The van der Waals surface area contributed by atoms with Gasteiger partial charge in [0.1, 0.15) is 5.78 Å². The summed E-state index contributed by atoms with van der Waals surface area (Å²) in [6, 6.07) is 0.215. The van der Waals surface area contributed by atoms with Crippen molar-refractivity contribution in [3.63, 3.8) is 0 Å². The summed E-state index contributed by atoms with van der Waals surface area (Å²) in [5, 5.41) is 2.98. The minimum absolute atomic E-state index is 0.00856. The predicted octanol–water partition coefficient (Wildman–Crippen LogP) is 2.15. The molecule has 0 aliphatic heterocycles. The molecule has 2 unspecified atom stereocenters. The van der Waals surface area contributed by atoms with Crippen LogP contribution in [0, 0.1) is 11.8 Å². The monoisotopic (exact) mass is 213 g/mol. The summed E-state index contributed by atoms with van der Waals surface area (Å²) in [5.74, 6) is 0.278. The summed E-state index contributed by atoms with van der Waals surface area (Å²) >= 11 is 0. The van der Waals surface area contributed by atoms with Crippen molar-refractivity contribution in [2.24, 2.45) is 11.8 Å². The van der Waals surface area contributed by atoms with Gasteiger partial charge in [0, 0.05) is 18.4 Å². The van der Waals surface area contributed by atoms with Gasteiger partial charge in [-0.25, -0.2) is 0 Å². The van der Waals surface area contributed by atoms with Crippen molar-refractivity contribution in [3.05, 3.63) is 0 Å². The van der Waals surface area contributed by atoms with Gasteiger partial charge in [0.15, 0.2) is 0 Å². The Kier molecular flexibility index (Phi) is 6.21. The van der Waals surface area contributed by atoms with Crippen molar-refractivity contribution in [2.75, 3.05) is 0 Å². The van der Waals surface area contributed by atoms with Crippen LogP contribution in [0.1, 0.15) is 47.5 Å². The molecular weight excluding hydrogens is 190 g/mol. The van der Waals surface area contributed by atoms with Crippen LogP contribution >= 0.6 is 0 Å². The zero-order valence-electron chi connectivity index (χ0n) is 10.5. The molecule has 0 aromatic carbocycles. The maximum Gasteiger partial charge on any atom is 0.223 e. The number of amides is 1. The van der Waals surface area contributed by atoms with Crippen LogP contribution in [0.4, 0.5) is 0 Å². The van der Waals surface area contributed by atoms with E-state index in [0.717, 1.165) is 6.42 Å². The van der Waals surface area contributed by atoms with E-state index in [-0.39, 0.29) is 23.7 Å². The van der Waals surface area contributed by atoms with E-state index < -0.39 is 0 Å². The normalized spacial score (nSPS) is 14.8. The Bertz CT molecular complexity index is 224. The fraction of sp³-hybridized carbons (Fsp3) is 0.833. The lowest BCUT2D eigenvalue weighted by atomic mass is 9.99. The number of carbonyl (C=O) groups is 2. The topological polar surface area (TPSA) is 46.2 Å². The maximum atomic E-state index is 11.7. The zero-order valence-corrected chi connectivity index (χ0v) is 10.5. The molecule has 88 valence electrons. The molecule has 0 rings (SSSR count). The first-order chi connectivity index (χ1) is 6.88. The van der Waals surface area contributed by atoms with Crippen LogP contribution in [0.25, 0.3) is 0 Å². The third-order valence-electron chi connectivity index (χ3n) is 2.61. The number of hydrogen-bond acceptors (Lipinski definition) is 2. The highest BCUT2D eigenvalue weighted by Gasteiger charge is 2.19. The molecule has 0 aromatic heterocycles. The van der Waals surface area contributed by atoms with Gasteiger partial charge in [0.2, 0.25) is 5.91 Å². The Morgan fingerprint density at radius 1 is 1.20 bits per heavy atom. The Hall–Kier alpha value is -0.860. The number of hydrogen-bond donors (Lipinski definition) is 1. The Balaban J connectivity index is 4.15. The summed E-state index contributed by atoms with van der Waals surface area (Å²) in [6.07, 6.45) is 1.26. The van der Waals surface area contributed by atoms with Gasteiger partial charge >= 0.3 is 0 Å². The van der Waals surface area contributed by atoms with E-state index in [2.05, 4.69) is 26.1 Å². The molecule has 0 bridgehead atoms. The number of carbonyl (C=O) groups excluding carboxylic acids is 2. The van der Waals surface area contributed by atoms with Gasteiger partial charge in [0.05, 0.1) is 0 Å². The highest BCUT2D eigenvalue weighted by Crippen LogP contribution is 2.08. The number of rotatable bonds is 6. The van der Waals surface area contributed by atoms with Crippen LogP contribution < -0.4 is 5.32 Å². The van der Waals surface area contributed by atoms with Crippen LogP contribution in [0.2, 0.25) is 0 Å². The summed E-state index contributed by atoms with van der Waals surface area (Å²) in [7, 11) is 0. The quantitative estimate of drug-likeness (QED) is 0.735. The number of ketones is 1. The Morgan fingerprint density at radius 3 is 2.07 bits per heavy atom. The van der Waals surface area contributed by atoms with Gasteiger partial charge in [-0.1, -0.05) is 27.7 Å². The van der Waals surface area contributed by atoms with Crippen LogP contribution in [0.3, 0.4) is 0 Å². The predicted molar refractivity (Wildman–Crippen MR) is 61.5 cm³/mol. The van der Waals surface area contributed by atoms with Gasteiger partial charge in [0.25, 0.3) is 0 Å². The van der Waals surface area contributed by atoms with Crippen molar-refractivity contribution in [1.82, 2.24) is 5.32 Å². The largest absolute Gasteiger partial charge is 0.353 e. The van der Waals surface area contributed by atoms with E-state index in [0.29, 0.717) is 12.3 Å². The summed E-state index contributed by atoms with van der Waals surface area (Å²) in [6.45, 7) is 9.54. The van der Waals surface area contributed by atoms with Gasteiger partial charge in [-0.15, -0.1) is 0 Å². The molecule has 0 heterocycles. The van der Waals surface area contributed by atoms with Crippen molar-refractivity contribution < 1.29 is 9.59 Å². The van der Waals surface area contributed by atoms with Gasteiger partial charge < -0.3 is 10.1 Å². The SMILES string of the molecule is CCC(NC(=O)C(C)CC(C)=O)C(C)C. The molecule has 1 N–H and O–H groups in total. The average molecular weight is 213 g/mol. The minimum atomic E-state index is -0.213. The zero-order chi connectivity index (χ0) is 12.0. The molecule has 3 heteroatoms. The molecule has 0 saturated carbocycles. The van der Waals surface area contributed by atoms with E-state index in [9.17, 15) is 9.59 Å². The molecule has 0 fully saturated rings. The lowest BCUT2D eigenvalue weighted by molar-refractivity contribution is -0.129. The number of nitrogens with one attached hydrogen (secondary N) is 1. The van der Waals surface area contributed by atoms with E-state index in [1.807, 2.05) is 0 Å². The van der Waals surface area contributed by atoms with Crippen molar-refractivity contribution in [1.29, 1.82) is 0 Å². The van der Waals surface area contributed by atoms with Gasteiger partial charge in [-0.05, 0) is 19.3 Å². The number of Topliss-reactive ketones (excluding diaryl/α,β-unsaturated/α-hetero) is 1. The third-order valence-corrected chi connectivity index (χ3v) is 2.61. The Morgan fingerprint density at radius 2 is 1.73 bits per heavy atom. The van der Waals surface area contributed by atoms with Crippen molar-refractivity contribution in [2.45, 2.75) is 53.5 Å². The van der Waals surface area contributed by atoms with Crippen LogP contribution in [-0.2, 0) is 9.59 Å². The molecule has 15 heavy (non-hydrogen) atoms. The minimum Gasteiger partial charge on any atom is -0.353 e. The molecule has 0 aliphatic carbocycles. The summed E-state index contributed by atoms with van der Waals surface area (Å²) in [4.78, 5) is 22.6. The second-order valence-corrected chi connectivity index (χ2v) is 4.57. The first-order valence-corrected chi connectivity index (χ1v) is 5.68. The second kappa shape index (κ2) is 6.59. The smallest absolute Gasteiger partial charge is 0.223 e. The maximum absolute atomic E-state index is 11.7. The average Bonchev–Trinajstić information content (AvgIpc) is 2.11. The highest BCUT2D eigenvalue weighted by molar-refractivity contribution is 5.85. The standard InChI is InChI=1S/C12H23NO2/c1-6-11(8(2)3)13-12(15)9(4)7-10(5)14/h8-9,11H,6-7H2,1-5H3,(H,13,15). The molecule has 0 spiro atoms. The molecular formula is C12H23NO2. The first-order valence-electron chi connectivity index (χ1n) is 5.68. The first kappa shape index (κ1) is 14.1. The molecule has 0 radical (unpaired) electrons. The van der Waals surface area contributed by atoms with Crippen LogP contribution in [0.5, 0.6) is 0 Å². The molecule has 2 atom stereocenters. The van der Waals surface area contributed by atoms with Gasteiger partial charge in [-0.3, -0.25) is 4.79 Å². The fourth-order valence-electron chi connectivity index (χ4n) is 1.59. The second-order valence-electron chi connectivity index (χ2n) is 4.57. The van der Waals surface area contributed by atoms with Gasteiger partial charge in [-0.2, -0.15) is 0 Å². The van der Waals surface area contributed by atoms with Crippen LogP contribution in [0.15, 0.2) is 0 Å². The van der Waals surface area contributed by atoms with Crippen LogP contribution in [-0.4, -0.2) is 17.7 Å². The third kappa shape index (κ3) is 5.55. The van der Waals surface area contributed by atoms with E-state index in [4.69, 9.17) is 0 Å². The molecule has 1 amide bonds. The lowest BCUT2D eigenvalue weighted by Gasteiger charge is -2.22. The van der Waals surface area contributed by atoms with Crippen molar-refractivity contribution in [3.8, 4) is 0 Å². The fourth-order valence-corrected chi connectivity index (χ4v) is 1.59. The molecule has 3 nitrogen and oxygen atoms in total.